The van der Waals surface area contributed by atoms with Gasteiger partial charge in [0.25, 0.3) is 0 Å². The fourth-order valence-corrected chi connectivity index (χ4v) is 3.11. The van der Waals surface area contributed by atoms with E-state index in [-0.39, 0.29) is 0 Å². The molecule has 1 aliphatic rings. The van der Waals surface area contributed by atoms with Gasteiger partial charge < -0.3 is 10.6 Å². The third-order valence-electron chi connectivity index (χ3n) is 2.75. The van der Waals surface area contributed by atoms with Crippen molar-refractivity contribution >= 4 is 17.4 Å². The first-order valence-electron chi connectivity index (χ1n) is 4.88. The molecular weight excluding hydrogens is 192 g/mol. The van der Waals surface area contributed by atoms with E-state index in [0.29, 0.717) is 6.04 Å². The van der Waals surface area contributed by atoms with E-state index >= 15 is 0 Å². The Morgan fingerprint density at radius 1 is 1.57 bits per heavy atom. The highest BCUT2D eigenvalue weighted by molar-refractivity contribution is 7.99. The van der Waals surface area contributed by atoms with Gasteiger partial charge in [0, 0.05) is 24.2 Å². The van der Waals surface area contributed by atoms with Crippen LogP contribution in [0.3, 0.4) is 0 Å². The highest BCUT2D eigenvalue weighted by Crippen LogP contribution is 2.36. The first kappa shape index (κ1) is 9.87. The van der Waals surface area contributed by atoms with Crippen LogP contribution < -0.4 is 10.6 Å². The molecule has 0 saturated heterocycles. The minimum atomic E-state index is 0.482. The highest BCUT2D eigenvalue weighted by Gasteiger charge is 2.22. The Morgan fingerprint density at radius 3 is 3.07 bits per heavy atom. The molecule has 0 bridgehead atoms. The Hall–Kier alpha value is -0.670. The van der Waals surface area contributed by atoms with Gasteiger partial charge in [0.2, 0.25) is 0 Å². The molecule has 2 rings (SSSR count). The lowest BCUT2D eigenvalue weighted by Gasteiger charge is -2.34. The van der Waals surface area contributed by atoms with Crippen LogP contribution in [0.4, 0.5) is 5.69 Å². The van der Waals surface area contributed by atoms with Crippen molar-refractivity contribution in [1.82, 2.24) is 0 Å². The normalized spacial score (nSPS) is 20.8. The predicted octanol–water partition coefficient (Wildman–Crippen LogP) is 1.86. The number of nitrogens with two attached hydrogens (primary N) is 1. The van der Waals surface area contributed by atoms with Crippen LogP contribution in [0.2, 0.25) is 0 Å². The van der Waals surface area contributed by atoms with E-state index in [4.69, 9.17) is 5.73 Å². The summed E-state index contributed by atoms with van der Waals surface area (Å²) in [6, 6.07) is 7.09. The molecule has 0 saturated carbocycles. The molecule has 0 spiro atoms. The van der Waals surface area contributed by atoms with Gasteiger partial charge in [-0.3, -0.25) is 0 Å². The van der Waals surface area contributed by atoms with E-state index in [0.717, 1.165) is 12.3 Å². The Morgan fingerprint density at radius 2 is 2.36 bits per heavy atom. The lowest BCUT2D eigenvalue weighted by Crippen LogP contribution is -2.42. The van der Waals surface area contributed by atoms with Crippen molar-refractivity contribution < 1.29 is 0 Å². The molecule has 0 fully saturated rings. The fraction of sp³-hybridized carbons (Fsp3) is 0.455. The number of nitrogens with zero attached hydrogens (tertiary/aromatic N) is 1. The van der Waals surface area contributed by atoms with E-state index in [1.165, 1.54) is 16.1 Å². The molecule has 1 atom stereocenters. The standard InChI is InChI=1S/C11H16N2S/c1-8-3-4-10-11(5-8)14-7-9(6-12)13(10)2/h3-5,9H,6-7,12H2,1-2H3. The average Bonchev–Trinajstić information content (AvgIpc) is 2.18. The number of thioether (sulfide) groups is 1. The monoisotopic (exact) mass is 208 g/mol. The third kappa shape index (κ3) is 1.62. The van der Waals surface area contributed by atoms with Crippen LogP contribution in [0.1, 0.15) is 5.56 Å². The Balaban J connectivity index is 2.36. The zero-order chi connectivity index (χ0) is 10.1. The van der Waals surface area contributed by atoms with Gasteiger partial charge in [0.05, 0.1) is 11.7 Å². The smallest absolute Gasteiger partial charge is 0.0505 e. The van der Waals surface area contributed by atoms with Crippen LogP contribution in [0, 0.1) is 6.92 Å². The lowest BCUT2D eigenvalue weighted by atomic mass is 10.2. The molecule has 76 valence electrons. The van der Waals surface area contributed by atoms with Crippen LogP contribution in [0.15, 0.2) is 23.1 Å². The zero-order valence-electron chi connectivity index (χ0n) is 8.66. The van der Waals surface area contributed by atoms with E-state index in [1.807, 2.05) is 11.8 Å². The summed E-state index contributed by atoms with van der Waals surface area (Å²) in [6.45, 7) is 2.87. The number of aryl methyl sites for hydroxylation is 1. The van der Waals surface area contributed by atoms with Gasteiger partial charge in [-0.2, -0.15) is 0 Å². The quantitative estimate of drug-likeness (QED) is 0.764. The minimum absolute atomic E-state index is 0.482. The topological polar surface area (TPSA) is 29.3 Å². The molecule has 0 radical (unpaired) electrons. The highest BCUT2D eigenvalue weighted by atomic mass is 32.2. The molecule has 2 N–H and O–H groups in total. The molecule has 2 nitrogen and oxygen atoms in total. The number of hydrogen-bond donors (Lipinski definition) is 1. The first-order chi connectivity index (χ1) is 6.72. The number of fused-ring (bicyclic) bond motifs is 1. The Labute approximate surface area is 89.5 Å². The predicted molar refractivity (Wildman–Crippen MR) is 63.1 cm³/mol. The molecule has 1 unspecified atom stereocenters. The second kappa shape index (κ2) is 3.83. The van der Waals surface area contributed by atoms with Gasteiger partial charge in [-0.25, -0.2) is 0 Å². The largest absolute Gasteiger partial charge is 0.369 e. The summed E-state index contributed by atoms with van der Waals surface area (Å²) >= 11 is 1.92. The van der Waals surface area contributed by atoms with E-state index in [9.17, 15) is 0 Å². The van der Waals surface area contributed by atoms with Crippen molar-refractivity contribution in [3.05, 3.63) is 23.8 Å². The number of anilines is 1. The Kier molecular flexibility index (Phi) is 2.70. The zero-order valence-corrected chi connectivity index (χ0v) is 9.47. The summed E-state index contributed by atoms with van der Waals surface area (Å²) in [5, 5.41) is 0. The van der Waals surface area contributed by atoms with Gasteiger partial charge in [-0.15, -0.1) is 11.8 Å². The molecule has 1 heterocycles. The second-order valence-corrected chi connectivity index (χ2v) is 4.84. The molecule has 0 aliphatic carbocycles. The molecule has 1 aliphatic heterocycles. The van der Waals surface area contributed by atoms with Crippen molar-refractivity contribution in [2.24, 2.45) is 5.73 Å². The van der Waals surface area contributed by atoms with Crippen molar-refractivity contribution in [1.29, 1.82) is 0 Å². The number of likely N-dealkylation sites (N-methyl/N-ethyl adjacent to an activating group) is 1. The summed E-state index contributed by atoms with van der Waals surface area (Å²) in [5.74, 6) is 1.10. The average molecular weight is 208 g/mol. The maximum Gasteiger partial charge on any atom is 0.0505 e. The van der Waals surface area contributed by atoms with E-state index in [2.05, 4.69) is 37.1 Å². The molecule has 1 aromatic carbocycles. The third-order valence-corrected chi connectivity index (χ3v) is 3.94. The molecule has 14 heavy (non-hydrogen) atoms. The van der Waals surface area contributed by atoms with Crippen LogP contribution in [0.25, 0.3) is 0 Å². The maximum absolute atomic E-state index is 5.73. The lowest BCUT2D eigenvalue weighted by molar-refractivity contribution is 0.691. The van der Waals surface area contributed by atoms with E-state index < -0.39 is 0 Å². The van der Waals surface area contributed by atoms with Crippen molar-refractivity contribution in [3.63, 3.8) is 0 Å². The number of rotatable bonds is 1. The van der Waals surface area contributed by atoms with Crippen molar-refractivity contribution in [2.75, 3.05) is 24.2 Å². The van der Waals surface area contributed by atoms with Gasteiger partial charge in [-0.05, 0) is 24.6 Å². The summed E-state index contributed by atoms with van der Waals surface area (Å²) in [6.07, 6.45) is 0. The van der Waals surface area contributed by atoms with Gasteiger partial charge >= 0.3 is 0 Å². The molecule has 3 heteroatoms. The van der Waals surface area contributed by atoms with Crippen molar-refractivity contribution in [2.45, 2.75) is 17.9 Å². The molecule has 0 aromatic heterocycles. The summed E-state index contributed by atoms with van der Waals surface area (Å²) < 4.78 is 0. The molecular formula is C11H16N2S. The summed E-state index contributed by atoms with van der Waals surface area (Å²) in [5.41, 5.74) is 8.38. The van der Waals surface area contributed by atoms with Gasteiger partial charge in [-0.1, -0.05) is 6.07 Å². The SMILES string of the molecule is Cc1ccc2c(c1)SCC(CN)N2C. The number of hydrogen-bond acceptors (Lipinski definition) is 3. The first-order valence-corrected chi connectivity index (χ1v) is 5.87. The minimum Gasteiger partial charge on any atom is -0.369 e. The van der Waals surface area contributed by atoms with Crippen LogP contribution >= 0.6 is 11.8 Å². The van der Waals surface area contributed by atoms with E-state index in [1.54, 1.807) is 0 Å². The van der Waals surface area contributed by atoms with Crippen LogP contribution in [-0.2, 0) is 0 Å². The molecule has 0 amide bonds. The molecule has 1 aromatic rings. The van der Waals surface area contributed by atoms with Crippen LogP contribution in [-0.4, -0.2) is 25.4 Å². The van der Waals surface area contributed by atoms with Crippen LogP contribution in [0.5, 0.6) is 0 Å². The Bertz CT molecular complexity index is 338. The van der Waals surface area contributed by atoms with Gasteiger partial charge in [0.15, 0.2) is 0 Å². The second-order valence-electron chi connectivity index (χ2n) is 3.78. The van der Waals surface area contributed by atoms with Crippen molar-refractivity contribution in [3.8, 4) is 0 Å². The summed E-state index contributed by atoms with van der Waals surface area (Å²) in [7, 11) is 2.13. The summed E-state index contributed by atoms with van der Waals surface area (Å²) in [4.78, 5) is 3.68. The van der Waals surface area contributed by atoms with Gasteiger partial charge in [0.1, 0.15) is 0 Å². The number of benzene rings is 1. The fourth-order valence-electron chi connectivity index (χ4n) is 1.75. The maximum atomic E-state index is 5.73.